The van der Waals surface area contributed by atoms with Crippen LogP contribution in [0.15, 0.2) is 70.7 Å². The van der Waals surface area contributed by atoms with Crippen molar-refractivity contribution < 1.29 is 9.47 Å². The summed E-state index contributed by atoms with van der Waals surface area (Å²) >= 11 is 1.59. The lowest BCUT2D eigenvalue weighted by Gasteiger charge is -2.17. The van der Waals surface area contributed by atoms with Gasteiger partial charge in [-0.3, -0.25) is 0 Å². The molecule has 0 N–H and O–H groups in total. The Hall–Kier alpha value is -3.22. The number of benzene rings is 2. The third-order valence-corrected chi connectivity index (χ3v) is 4.97. The highest BCUT2D eigenvalue weighted by Gasteiger charge is 2.21. The zero-order valence-corrected chi connectivity index (χ0v) is 15.6. The fourth-order valence-corrected chi connectivity index (χ4v) is 3.49. The molecule has 0 aliphatic heterocycles. The van der Waals surface area contributed by atoms with Gasteiger partial charge >= 0.3 is 0 Å². The highest BCUT2D eigenvalue weighted by Crippen LogP contribution is 2.40. The summed E-state index contributed by atoms with van der Waals surface area (Å²) < 4.78 is 10.6. The van der Waals surface area contributed by atoms with Gasteiger partial charge in [0.05, 0.1) is 25.5 Å². The maximum atomic E-state index is 8.54. The van der Waals surface area contributed by atoms with Gasteiger partial charge in [-0.05, 0) is 23.2 Å². The van der Waals surface area contributed by atoms with Crippen LogP contribution in [0, 0.1) is 0 Å². The third-order valence-electron chi connectivity index (χ3n) is 3.70. The zero-order valence-electron chi connectivity index (χ0n) is 14.8. The monoisotopic (exact) mass is 379 g/mol. The summed E-state index contributed by atoms with van der Waals surface area (Å²) in [5.41, 5.74) is 10.2. The van der Waals surface area contributed by atoms with Crippen molar-refractivity contribution in [3.63, 3.8) is 0 Å². The molecule has 0 spiro atoms. The first-order valence-corrected chi connectivity index (χ1v) is 8.95. The van der Waals surface area contributed by atoms with Crippen LogP contribution < -0.4 is 9.47 Å². The van der Waals surface area contributed by atoms with Crippen molar-refractivity contribution in [2.24, 2.45) is 5.11 Å². The second-order valence-electron chi connectivity index (χ2n) is 5.40. The molecule has 1 heterocycles. The Bertz CT molecular complexity index is 922. The van der Waals surface area contributed by atoms with Crippen LogP contribution in [-0.4, -0.2) is 24.2 Å². The Morgan fingerprint density at radius 3 is 2.15 bits per heavy atom. The van der Waals surface area contributed by atoms with Gasteiger partial charge in [-0.15, -0.1) is 11.8 Å². The molecule has 0 aliphatic rings. The standard InChI is InChI=1S/C19H17N5O2S/c1-25-16-12-17(26-2)22-19(21-16)18(13-6-4-3-5-7-13)27-15-10-8-14(9-11-15)23-24-20/h3-12,18H,1-2H3. The smallest absolute Gasteiger partial charge is 0.220 e. The molecule has 0 aliphatic carbocycles. The molecule has 7 nitrogen and oxygen atoms in total. The van der Waals surface area contributed by atoms with Crippen LogP contribution in [0.2, 0.25) is 0 Å². The van der Waals surface area contributed by atoms with E-state index >= 15 is 0 Å². The van der Waals surface area contributed by atoms with E-state index in [2.05, 4.69) is 20.0 Å². The van der Waals surface area contributed by atoms with Gasteiger partial charge in [-0.1, -0.05) is 47.6 Å². The number of hydrogen-bond acceptors (Lipinski definition) is 6. The second-order valence-corrected chi connectivity index (χ2v) is 6.58. The van der Waals surface area contributed by atoms with Gasteiger partial charge in [0.1, 0.15) is 0 Å². The number of ether oxygens (including phenoxy) is 2. The molecule has 1 atom stereocenters. The fourth-order valence-electron chi connectivity index (χ4n) is 2.42. The van der Waals surface area contributed by atoms with Crippen LogP contribution in [0.5, 0.6) is 11.8 Å². The number of thioether (sulfide) groups is 1. The van der Waals surface area contributed by atoms with E-state index in [-0.39, 0.29) is 5.25 Å². The summed E-state index contributed by atoms with van der Waals surface area (Å²) in [6, 6.07) is 19.0. The van der Waals surface area contributed by atoms with Crippen LogP contribution >= 0.6 is 11.8 Å². The fraction of sp³-hybridized carbons (Fsp3) is 0.158. The Morgan fingerprint density at radius 1 is 0.963 bits per heavy atom. The van der Waals surface area contributed by atoms with E-state index in [0.717, 1.165) is 10.5 Å². The van der Waals surface area contributed by atoms with Gasteiger partial charge in [-0.2, -0.15) is 9.97 Å². The molecule has 0 saturated heterocycles. The average molecular weight is 379 g/mol. The molecule has 3 rings (SSSR count). The molecule has 3 aromatic rings. The Labute approximate surface area is 161 Å². The van der Waals surface area contributed by atoms with E-state index in [0.29, 0.717) is 23.3 Å². The van der Waals surface area contributed by atoms with E-state index in [1.54, 1.807) is 44.2 Å². The van der Waals surface area contributed by atoms with Crippen molar-refractivity contribution in [2.45, 2.75) is 10.1 Å². The van der Waals surface area contributed by atoms with Gasteiger partial charge < -0.3 is 9.47 Å². The zero-order chi connectivity index (χ0) is 19.1. The van der Waals surface area contributed by atoms with Crippen molar-refractivity contribution in [2.75, 3.05) is 14.2 Å². The summed E-state index contributed by atoms with van der Waals surface area (Å²) in [4.78, 5) is 12.8. The third kappa shape index (κ3) is 4.69. The molecule has 0 bridgehead atoms. The highest BCUT2D eigenvalue weighted by molar-refractivity contribution is 7.99. The van der Waals surface area contributed by atoms with Crippen LogP contribution in [0.1, 0.15) is 16.6 Å². The molecule has 2 aromatic carbocycles. The lowest BCUT2D eigenvalue weighted by atomic mass is 10.1. The number of methoxy groups -OCH3 is 2. The minimum atomic E-state index is -0.166. The van der Waals surface area contributed by atoms with E-state index in [1.807, 2.05) is 42.5 Å². The Balaban J connectivity index is 2.00. The molecule has 1 aromatic heterocycles. The summed E-state index contributed by atoms with van der Waals surface area (Å²) in [6.07, 6.45) is 0. The number of azide groups is 1. The van der Waals surface area contributed by atoms with Gasteiger partial charge in [-0.25, -0.2) is 0 Å². The van der Waals surface area contributed by atoms with Crippen molar-refractivity contribution in [1.82, 2.24) is 9.97 Å². The summed E-state index contributed by atoms with van der Waals surface area (Å²) in [7, 11) is 3.12. The predicted octanol–water partition coefficient (Wildman–Crippen LogP) is 5.32. The van der Waals surface area contributed by atoms with Gasteiger partial charge in [0, 0.05) is 15.5 Å². The number of hydrogen-bond donors (Lipinski definition) is 0. The summed E-state index contributed by atoms with van der Waals surface area (Å²) in [6.45, 7) is 0. The van der Waals surface area contributed by atoms with E-state index in [4.69, 9.17) is 15.0 Å². The Morgan fingerprint density at radius 2 is 1.59 bits per heavy atom. The molecule has 1 unspecified atom stereocenters. The van der Waals surface area contributed by atoms with Crippen molar-refractivity contribution in [1.29, 1.82) is 0 Å². The molecule has 136 valence electrons. The van der Waals surface area contributed by atoms with Gasteiger partial charge in [0.25, 0.3) is 0 Å². The minimum Gasteiger partial charge on any atom is -0.481 e. The summed E-state index contributed by atoms with van der Waals surface area (Å²) in [5, 5.41) is 3.44. The molecule has 8 heteroatoms. The number of rotatable bonds is 7. The topological polar surface area (TPSA) is 93.0 Å². The molecular weight excluding hydrogens is 362 g/mol. The molecule has 0 saturated carbocycles. The molecule has 0 amide bonds. The summed E-state index contributed by atoms with van der Waals surface area (Å²) in [5.74, 6) is 1.47. The largest absolute Gasteiger partial charge is 0.481 e. The Kier molecular flexibility index (Phi) is 6.14. The molecule has 0 radical (unpaired) electrons. The maximum absolute atomic E-state index is 8.54. The van der Waals surface area contributed by atoms with Crippen LogP contribution in [-0.2, 0) is 0 Å². The van der Waals surface area contributed by atoms with E-state index in [1.165, 1.54) is 0 Å². The molecule has 27 heavy (non-hydrogen) atoms. The van der Waals surface area contributed by atoms with E-state index < -0.39 is 0 Å². The van der Waals surface area contributed by atoms with E-state index in [9.17, 15) is 0 Å². The van der Waals surface area contributed by atoms with Crippen LogP contribution in [0.4, 0.5) is 5.69 Å². The minimum absolute atomic E-state index is 0.166. The number of nitrogens with zero attached hydrogens (tertiary/aromatic N) is 5. The number of aromatic nitrogens is 2. The van der Waals surface area contributed by atoms with Crippen molar-refractivity contribution in [3.05, 3.63) is 82.5 Å². The lowest BCUT2D eigenvalue weighted by molar-refractivity contribution is 0.368. The first kappa shape index (κ1) is 18.6. The highest BCUT2D eigenvalue weighted by atomic mass is 32.2. The quantitative estimate of drug-likeness (QED) is 0.240. The average Bonchev–Trinajstić information content (AvgIpc) is 2.73. The van der Waals surface area contributed by atoms with Gasteiger partial charge in [0.15, 0.2) is 5.82 Å². The first-order chi connectivity index (χ1) is 13.2. The predicted molar refractivity (Wildman–Crippen MR) is 105 cm³/mol. The SMILES string of the molecule is COc1cc(OC)nc(C(Sc2ccc(N=[N+]=[N-])cc2)c2ccccc2)n1. The molecule has 0 fully saturated rings. The van der Waals surface area contributed by atoms with Crippen molar-refractivity contribution >= 4 is 17.4 Å². The normalized spacial score (nSPS) is 11.3. The van der Waals surface area contributed by atoms with Crippen LogP contribution in [0.3, 0.4) is 0 Å². The first-order valence-electron chi connectivity index (χ1n) is 8.07. The van der Waals surface area contributed by atoms with Crippen molar-refractivity contribution in [3.8, 4) is 11.8 Å². The van der Waals surface area contributed by atoms with Gasteiger partial charge in [0.2, 0.25) is 11.8 Å². The van der Waals surface area contributed by atoms with Crippen LogP contribution in [0.25, 0.3) is 10.4 Å². The molecular formula is C19H17N5O2S. The lowest BCUT2D eigenvalue weighted by Crippen LogP contribution is -2.06. The second kappa shape index (κ2) is 8.93. The maximum Gasteiger partial charge on any atom is 0.220 e.